The minimum absolute atomic E-state index is 0.694. The van der Waals surface area contributed by atoms with E-state index in [0.29, 0.717) is 5.92 Å². The van der Waals surface area contributed by atoms with Crippen LogP contribution in [0.1, 0.15) is 39.5 Å². The summed E-state index contributed by atoms with van der Waals surface area (Å²) >= 11 is 0. The molecule has 0 aromatic heterocycles. The topological polar surface area (TPSA) is 0 Å². The summed E-state index contributed by atoms with van der Waals surface area (Å²) in [6.45, 7) is 12.2. The summed E-state index contributed by atoms with van der Waals surface area (Å²) in [5.74, 6) is 0.694. The van der Waals surface area contributed by atoms with E-state index in [2.05, 4.69) is 27.0 Å². The second kappa shape index (κ2) is 6.21. The van der Waals surface area contributed by atoms with Crippen molar-refractivity contribution in [2.75, 3.05) is 0 Å². The predicted molar refractivity (Wildman–Crippen MR) is 52.6 cm³/mol. The Labute approximate surface area is 71.0 Å². The molecule has 1 unspecified atom stereocenters. The first kappa shape index (κ1) is 10.5. The third-order valence-electron chi connectivity index (χ3n) is 2.22. The Morgan fingerprint density at radius 3 is 2.64 bits per heavy atom. The first-order valence-electron chi connectivity index (χ1n) is 4.50. The zero-order valence-electron chi connectivity index (χ0n) is 7.90. The fraction of sp³-hybridized carbons (Fsp3) is 0.636. The molecule has 1 atom stereocenters. The molecule has 0 aliphatic heterocycles. The molecule has 64 valence electrons. The van der Waals surface area contributed by atoms with Crippen molar-refractivity contribution in [3.8, 4) is 0 Å². The molecule has 0 aromatic carbocycles. The first-order chi connectivity index (χ1) is 5.22. The zero-order chi connectivity index (χ0) is 8.69. The molecule has 0 saturated heterocycles. The molecule has 0 amide bonds. The van der Waals surface area contributed by atoms with Gasteiger partial charge in [0, 0.05) is 0 Å². The molecule has 0 saturated carbocycles. The van der Waals surface area contributed by atoms with Crippen LogP contribution in [0.3, 0.4) is 0 Å². The molecule has 0 rings (SSSR count). The van der Waals surface area contributed by atoms with Crippen LogP contribution in [0.2, 0.25) is 0 Å². The highest BCUT2D eigenvalue weighted by atomic mass is 14.1. The van der Waals surface area contributed by atoms with Crippen molar-refractivity contribution in [2.45, 2.75) is 39.5 Å². The molecule has 0 heteroatoms. The van der Waals surface area contributed by atoms with Crippen LogP contribution >= 0.6 is 0 Å². The molecule has 0 N–H and O–H groups in total. The Balaban J connectivity index is 3.43. The largest absolute Gasteiger partial charge is 0.103 e. The normalized spacial score (nSPS) is 12.5. The monoisotopic (exact) mass is 152 g/mol. The highest BCUT2D eigenvalue weighted by Gasteiger charge is 2.01. The van der Waals surface area contributed by atoms with Gasteiger partial charge in [-0.1, -0.05) is 32.1 Å². The van der Waals surface area contributed by atoms with E-state index in [-0.39, 0.29) is 0 Å². The molecule has 0 aliphatic rings. The summed E-state index contributed by atoms with van der Waals surface area (Å²) in [6.07, 6.45) is 6.69. The van der Waals surface area contributed by atoms with E-state index in [0.717, 1.165) is 6.42 Å². The van der Waals surface area contributed by atoms with Gasteiger partial charge in [0.2, 0.25) is 0 Å². The van der Waals surface area contributed by atoms with Crippen LogP contribution in [0.25, 0.3) is 0 Å². The quantitative estimate of drug-likeness (QED) is 0.399. The van der Waals surface area contributed by atoms with Crippen molar-refractivity contribution in [2.24, 2.45) is 5.92 Å². The van der Waals surface area contributed by atoms with Gasteiger partial charge in [0.05, 0.1) is 0 Å². The Bertz CT molecular complexity index is 122. The standard InChI is InChI=1S/C11H20/c1-5-7-8-9-11(4)10(3)6-2/h5,10H,1,4,6-9H2,2-3H3. The van der Waals surface area contributed by atoms with Gasteiger partial charge in [0.15, 0.2) is 0 Å². The van der Waals surface area contributed by atoms with Gasteiger partial charge in [0.25, 0.3) is 0 Å². The van der Waals surface area contributed by atoms with E-state index in [1.54, 1.807) is 0 Å². The molecule has 0 fully saturated rings. The molecule has 0 heterocycles. The van der Waals surface area contributed by atoms with Crippen LogP contribution in [-0.2, 0) is 0 Å². The van der Waals surface area contributed by atoms with Gasteiger partial charge in [-0.3, -0.25) is 0 Å². The van der Waals surface area contributed by atoms with E-state index >= 15 is 0 Å². The lowest BCUT2D eigenvalue weighted by Gasteiger charge is -2.11. The van der Waals surface area contributed by atoms with E-state index in [4.69, 9.17) is 0 Å². The van der Waals surface area contributed by atoms with Gasteiger partial charge in [-0.05, 0) is 31.6 Å². The second-order valence-corrected chi connectivity index (χ2v) is 3.15. The third-order valence-corrected chi connectivity index (χ3v) is 2.22. The van der Waals surface area contributed by atoms with Crippen molar-refractivity contribution in [3.63, 3.8) is 0 Å². The van der Waals surface area contributed by atoms with Crippen LogP contribution in [0.4, 0.5) is 0 Å². The minimum atomic E-state index is 0.694. The van der Waals surface area contributed by atoms with Crippen LogP contribution in [0, 0.1) is 5.92 Å². The molecule has 11 heavy (non-hydrogen) atoms. The van der Waals surface area contributed by atoms with Crippen molar-refractivity contribution >= 4 is 0 Å². The van der Waals surface area contributed by atoms with E-state index in [1.807, 2.05) is 6.08 Å². The molecular weight excluding hydrogens is 132 g/mol. The Morgan fingerprint density at radius 1 is 1.55 bits per heavy atom. The summed E-state index contributed by atoms with van der Waals surface area (Å²) in [5.41, 5.74) is 1.40. The molecule has 0 radical (unpaired) electrons. The van der Waals surface area contributed by atoms with Gasteiger partial charge in [0.1, 0.15) is 0 Å². The zero-order valence-corrected chi connectivity index (χ0v) is 7.90. The van der Waals surface area contributed by atoms with Crippen LogP contribution in [-0.4, -0.2) is 0 Å². The summed E-state index contributed by atoms with van der Waals surface area (Å²) in [7, 11) is 0. The lowest BCUT2D eigenvalue weighted by molar-refractivity contribution is 0.614. The highest BCUT2D eigenvalue weighted by Crippen LogP contribution is 2.17. The maximum absolute atomic E-state index is 4.06. The minimum Gasteiger partial charge on any atom is -0.103 e. The van der Waals surface area contributed by atoms with Crippen molar-refractivity contribution < 1.29 is 0 Å². The number of unbranched alkanes of at least 4 members (excludes halogenated alkanes) is 1. The summed E-state index contributed by atoms with van der Waals surface area (Å²) < 4.78 is 0. The smallest absolute Gasteiger partial charge is 0.0237 e. The Kier molecular flexibility index (Phi) is 5.91. The number of rotatable bonds is 6. The molecule has 0 bridgehead atoms. The molecule has 0 aromatic rings. The highest BCUT2D eigenvalue weighted by molar-refractivity contribution is 4.98. The SMILES string of the molecule is C=CCCCC(=C)C(C)CC. The van der Waals surface area contributed by atoms with Crippen molar-refractivity contribution in [1.29, 1.82) is 0 Å². The molecular formula is C11H20. The van der Waals surface area contributed by atoms with Crippen LogP contribution < -0.4 is 0 Å². The van der Waals surface area contributed by atoms with Gasteiger partial charge in [-0.15, -0.1) is 6.58 Å². The van der Waals surface area contributed by atoms with Crippen LogP contribution in [0.5, 0.6) is 0 Å². The third kappa shape index (κ3) is 4.83. The van der Waals surface area contributed by atoms with E-state index < -0.39 is 0 Å². The van der Waals surface area contributed by atoms with Gasteiger partial charge in [-0.25, -0.2) is 0 Å². The maximum atomic E-state index is 4.06. The van der Waals surface area contributed by atoms with Gasteiger partial charge >= 0.3 is 0 Å². The molecule has 0 spiro atoms. The fourth-order valence-electron chi connectivity index (χ4n) is 1.01. The number of allylic oxidation sites excluding steroid dienone is 2. The molecule has 0 aliphatic carbocycles. The Hall–Kier alpha value is -0.520. The average Bonchev–Trinajstić information content (AvgIpc) is 2.03. The van der Waals surface area contributed by atoms with E-state index in [1.165, 1.54) is 24.8 Å². The lowest BCUT2D eigenvalue weighted by Crippen LogP contribution is -1.95. The van der Waals surface area contributed by atoms with Crippen LogP contribution in [0.15, 0.2) is 24.8 Å². The predicted octanol–water partition coefficient (Wildman–Crippen LogP) is 3.95. The number of hydrogen-bond acceptors (Lipinski definition) is 0. The maximum Gasteiger partial charge on any atom is -0.0237 e. The summed E-state index contributed by atoms with van der Waals surface area (Å²) in [4.78, 5) is 0. The second-order valence-electron chi connectivity index (χ2n) is 3.15. The van der Waals surface area contributed by atoms with Crippen molar-refractivity contribution in [3.05, 3.63) is 24.8 Å². The lowest BCUT2D eigenvalue weighted by atomic mass is 9.95. The Morgan fingerprint density at radius 2 is 2.18 bits per heavy atom. The first-order valence-corrected chi connectivity index (χ1v) is 4.50. The summed E-state index contributed by atoms with van der Waals surface area (Å²) in [6, 6.07) is 0. The number of hydrogen-bond donors (Lipinski definition) is 0. The fourth-order valence-corrected chi connectivity index (χ4v) is 1.01. The van der Waals surface area contributed by atoms with Crippen molar-refractivity contribution in [1.82, 2.24) is 0 Å². The molecule has 0 nitrogen and oxygen atoms in total. The van der Waals surface area contributed by atoms with E-state index in [9.17, 15) is 0 Å². The average molecular weight is 152 g/mol. The van der Waals surface area contributed by atoms with Gasteiger partial charge < -0.3 is 0 Å². The summed E-state index contributed by atoms with van der Waals surface area (Å²) in [5, 5.41) is 0. The van der Waals surface area contributed by atoms with Gasteiger partial charge in [-0.2, -0.15) is 0 Å².